The second-order valence-electron chi connectivity index (χ2n) is 2.22. The van der Waals surface area contributed by atoms with Crippen LogP contribution in [0.1, 0.15) is 17.7 Å². The van der Waals surface area contributed by atoms with Crippen molar-refractivity contribution in [3.8, 4) is 0 Å². The molecule has 0 unspecified atom stereocenters. The SMILES string of the molecule is FC(F)c1ncc(Cl)c(I)c1CBr. The molecular formula is C7H4BrClF2IN. The third-order valence-electron chi connectivity index (χ3n) is 1.44. The molecule has 1 aromatic heterocycles. The maximum Gasteiger partial charge on any atom is 0.280 e. The highest BCUT2D eigenvalue weighted by Crippen LogP contribution is 2.30. The van der Waals surface area contributed by atoms with E-state index in [1.54, 1.807) is 0 Å². The predicted octanol–water partition coefficient (Wildman–Crippen LogP) is 4.17. The fraction of sp³-hybridized carbons (Fsp3) is 0.286. The lowest BCUT2D eigenvalue weighted by molar-refractivity contribution is 0.145. The summed E-state index contributed by atoms with van der Waals surface area (Å²) >= 11 is 10.8. The van der Waals surface area contributed by atoms with Crippen molar-refractivity contribution in [2.75, 3.05) is 0 Å². The number of nitrogens with zero attached hydrogens (tertiary/aromatic N) is 1. The first kappa shape index (κ1) is 11.6. The van der Waals surface area contributed by atoms with Gasteiger partial charge in [0, 0.05) is 20.7 Å². The molecule has 0 radical (unpaired) electrons. The summed E-state index contributed by atoms with van der Waals surface area (Å²) in [5, 5.41) is 0.734. The molecule has 1 nitrogen and oxygen atoms in total. The van der Waals surface area contributed by atoms with Gasteiger partial charge in [-0.15, -0.1) is 0 Å². The van der Waals surface area contributed by atoms with Gasteiger partial charge >= 0.3 is 0 Å². The van der Waals surface area contributed by atoms with Gasteiger partial charge in [0.1, 0.15) is 5.69 Å². The van der Waals surface area contributed by atoms with E-state index in [1.165, 1.54) is 6.20 Å². The van der Waals surface area contributed by atoms with Crippen LogP contribution in [0.2, 0.25) is 5.02 Å². The Morgan fingerprint density at radius 2 is 2.23 bits per heavy atom. The quantitative estimate of drug-likeness (QED) is 0.553. The number of halogens is 5. The minimum Gasteiger partial charge on any atom is -0.253 e. The average molecular weight is 382 g/mol. The molecule has 0 saturated carbocycles. The van der Waals surface area contributed by atoms with Crippen molar-refractivity contribution in [3.05, 3.63) is 26.0 Å². The van der Waals surface area contributed by atoms with Crippen LogP contribution in [0.5, 0.6) is 0 Å². The van der Waals surface area contributed by atoms with Crippen LogP contribution in [0, 0.1) is 3.57 Å². The number of hydrogen-bond acceptors (Lipinski definition) is 1. The molecule has 0 aliphatic heterocycles. The smallest absolute Gasteiger partial charge is 0.253 e. The van der Waals surface area contributed by atoms with Crippen LogP contribution in [-0.4, -0.2) is 4.98 Å². The molecule has 72 valence electrons. The van der Waals surface area contributed by atoms with Gasteiger partial charge in [0.25, 0.3) is 6.43 Å². The summed E-state index contributed by atoms with van der Waals surface area (Å²) in [4.78, 5) is 3.59. The zero-order chi connectivity index (χ0) is 10.0. The number of pyridine rings is 1. The Morgan fingerprint density at radius 1 is 1.62 bits per heavy atom. The minimum atomic E-state index is -2.56. The largest absolute Gasteiger partial charge is 0.280 e. The van der Waals surface area contributed by atoms with Gasteiger partial charge in [0.2, 0.25) is 0 Å². The van der Waals surface area contributed by atoms with Crippen molar-refractivity contribution in [2.45, 2.75) is 11.8 Å². The third-order valence-corrected chi connectivity index (χ3v) is 3.84. The van der Waals surface area contributed by atoms with Gasteiger partial charge in [-0.25, -0.2) is 8.78 Å². The standard InChI is InChI=1S/C7H4BrClF2IN/c8-1-3-5(12)4(9)2-13-6(3)7(10)11/h2,7H,1H2. The van der Waals surface area contributed by atoms with Crippen LogP contribution in [0.25, 0.3) is 0 Å². The second-order valence-corrected chi connectivity index (χ2v) is 4.26. The molecule has 0 atom stereocenters. The molecule has 0 N–H and O–H groups in total. The highest BCUT2D eigenvalue weighted by Gasteiger charge is 2.17. The summed E-state index contributed by atoms with van der Waals surface area (Å²) in [6, 6.07) is 0. The Hall–Kier alpha value is 0.510. The molecule has 6 heteroatoms. The van der Waals surface area contributed by atoms with Crippen molar-refractivity contribution >= 4 is 50.1 Å². The first-order valence-electron chi connectivity index (χ1n) is 3.24. The molecule has 13 heavy (non-hydrogen) atoms. The highest BCUT2D eigenvalue weighted by molar-refractivity contribution is 14.1. The number of alkyl halides is 3. The van der Waals surface area contributed by atoms with Gasteiger partial charge in [0.05, 0.1) is 5.02 Å². The van der Waals surface area contributed by atoms with E-state index in [9.17, 15) is 8.78 Å². The van der Waals surface area contributed by atoms with E-state index in [1.807, 2.05) is 22.6 Å². The Balaban J connectivity index is 3.30. The predicted molar refractivity (Wildman–Crippen MR) is 59.6 cm³/mol. The summed E-state index contributed by atoms with van der Waals surface area (Å²) in [7, 11) is 0. The fourth-order valence-corrected chi connectivity index (χ4v) is 2.69. The van der Waals surface area contributed by atoms with Crippen LogP contribution in [0.4, 0.5) is 8.78 Å². The summed E-state index contributed by atoms with van der Waals surface area (Å²) in [6.07, 6.45) is -1.31. The van der Waals surface area contributed by atoms with Crippen molar-refractivity contribution in [3.63, 3.8) is 0 Å². The molecule has 1 aromatic rings. The molecule has 0 spiro atoms. The number of aromatic nitrogens is 1. The van der Waals surface area contributed by atoms with Gasteiger partial charge in [-0.1, -0.05) is 27.5 Å². The summed E-state index contributed by atoms with van der Waals surface area (Å²) in [6.45, 7) is 0. The maximum atomic E-state index is 12.4. The minimum absolute atomic E-state index is 0.203. The molecule has 1 rings (SSSR count). The lowest BCUT2D eigenvalue weighted by Crippen LogP contribution is -1.99. The molecule has 0 aromatic carbocycles. The van der Waals surface area contributed by atoms with Crippen LogP contribution in [-0.2, 0) is 5.33 Å². The van der Waals surface area contributed by atoms with Gasteiger partial charge in [-0.05, 0) is 22.6 Å². The Bertz CT molecular complexity index is 322. The third kappa shape index (κ3) is 2.50. The Labute approximate surface area is 101 Å². The molecule has 0 bridgehead atoms. The fourth-order valence-electron chi connectivity index (χ4n) is 0.833. The second kappa shape index (κ2) is 4.84. The summed E-state index contributed by atoms with van der Waals surface area (Å²) in [5.74, 6) is 0. The van der Waals surface area contributed by atoms with Crippen molar-refractivity contribution in [2.24, 2.45) is 0 Å². The van der Waals surface area contributed by atoms with Gasteiger partial charge in [0.15, 0.2) is 0 Å². The topological polar surface area (TPSA) is 12.9 Å². The van der Waals surface area contributed by atoms with E-state index in [-0.39, 0.29) is 5.69 Å². The zero-order valence-electron chi connectivity index (χ0n) is 6.20. The average Bonchev–Trinajstić information content (AvgIpc) is 2.09. The summed E-state index contributed by atoms with van der Waals surface area (Å²) in [5.41, 5.74) is 0.258. The molecule has 0 fully saturated rings. The highest BCUT2D eigenvalue weighted by atomic mass is 127. The monoisotopic (exact) mass is 381 g/mol. The molecule has 0 amide bonds. The van der Waals surface area contributed by atoms with Crippen molar-refractivity contribution < 1.29 is 8.78 Å². The number of hydrogen-bond donors (Lipinski definition) is 0. The zero-order valence-corrected chi connectivity index (χ0v) is 10.7. The molecule has 1 heterocycles. The van der Waals surface area contributed by atoms with Crippen LogP contribution < -0.4 is 0 Å². The van der Waals surface area contributed by atoms with E-state index in [4.69, 9.17) is 11.6 Å². The Kier molecular flexibility index (Phi) is 4.31. The van der Waals surface area contributed by atoms with E-state index in [2.05, 4.69) is 20.9 Å². The van der Waals surface area contributed by atoms with Crippen molar-refractivity contribution in [1.29, 1.82) is 0 Å². The van der Waals surface area contributed by atoms with Crippen LogP contribution in [0.3, 0.4) is 0 Å². The van der Waals surface area contributed by atoms with Gasteiger partial charge < -0.3 is 0 Å². The van der Waals surface area contributed by atoms with Crippen LogP contribution in [0.15, 0.2) is 6.20 Å². The van der Waals surface area contributed by atoms with E-state index >= 15 is 0 Å². The Morgan fingerprint density at radius 3 is 2.69 bits per heavy atom. The maximum absolute atomic E-state index is 12.4. The molecule has 0 aliphatic carbocycles. The normalized spacial score (nSPS) is 10.9. The van der Waals surface area contributed by atoms with Gasteiger partial charge in [-0.2, -0.15) is 0 Å². The lowest BCUT2D eigenvalue weighted by Gasteiger charge is -2.08. The van der Waals surface area contributed by atoms with Crippen LogP contribution >= 0.6 is 50.1 Å². The first-order chi connectivity index (χ1) is 6.07. The number of rotatable bonds is 2. The first-order valence-corrected chi connectivity index (χ1v) is 5.82. The van der Waals surface area contributed by atoms with E-state index in [0.29, 0.717) is 19.5 Å². The van der Waals surface area contributed by atoms with E-state index < -0.39 is 6.43 Å². The lowest BCUT2D eigenvalue weighted by atomic mass is 10.2. The summed E-state index contributed by atoms with van der Waals surface area (Å²) < 4.78 is 25.4. The molecule has 0 aliphatic rings. The molecule has 0 saturated heterocycles. The van der Waals surface area contributed by atoms with Gasteiger partial charge in [-0.3, -0.25) is 4.98 Å². The van der Waals surface area contributed by atoms with E-state index in [0.717, 1.165) is 0 Å². The van der Waals surface area contributed by atoms with Crippen molar-refractivity contribution in [1.82, 2.24) is 4.98 Å². The molecular weight excluding hydrogens is 378 g/mol.